The summed E-state index contributed by atoms with van der Waals surface area (Å²) < 4.78 is 0. The Morgan fingerprint density at radius 2 is 1.72 bits per heavy atom. The van der Waals surface area contributed by atoms with E-state index in [-0.39, 0.29) is 0 Å². The van der Waals surface area contributed by atoms with E-state index in [1.165, 1.54) is 45.1 Å². The average molecular weight is 252 g/mol. The van der Waals surface area contributed by atoms with Gasteiger partial charge in [0.2, 0.25) is 0 Å². The second-order valence-electron chi connectivity index (χ2n) is 7.22. The molecule has 1 N–H and O–H groups in total. The molecule has 2 fully saturated rings. The van der Waals surface area contributed by atoms with Crippen molar-refractivity contribution in [1.29, 1.82) is 0 Å². The number of rotatable bonds is 6. The van der Waals surface area contributed by atoms with Crippen LogP contribution in [0.3, 0.4) is 0 Å². The predicted octanol–water partition coefficient (Wildman–Crippen LogP) is 3.27. The van der Waals surface area contributed by atoms with Crippen LogP contribution in [0, 0.1) is 11.8 Å². The molecular weight excluding hydrogens is 220 g/mol. The Morgan fingerprint density at radius 3 is 2.28 bits per heavy atom. The van der Waals surface area contributed by atoms with Crippen molar-refractivity contribution >= 4 is 0 Å². The lowest BCUT2D eigenvalue weighted by Crippen LogP contribution is -2.39. The molecule has 0 aliphatic carbocycles. The molecule has 0 saturated carbocycles. The third-order valence-electron chi connectivity index (χ3n) is 5.03. The summed E-state index contributed by atoms with van der Waals surface area (Å²) in [7, 11) is 2.31. The first-order valence-electron chi connectivity index (χ1n) is 8.01. The minimum absolute atomic E-state index is 0.739. The van der Waals surface area contributed by atoms with Gasteiger partial charge in [-0.25, -0.2) is 0 Å². The van der Waals surface area contributed by atoms with Gasteiger partial charge in [0.05, 0.1) is 0 Å². The summed E-state index contributed by atoms with van der Waals surface area (Å²) in [6.45, 7) is 8.33. The molecule has 3 atom stereocenters. The van der Waals surface area contributed by atoms with Crippen LogP contribution >= 0.6 is 0 Å². The maximum atomic E-state index is 3.74. The van der Waals surface area contributed by atoms with Crippen molar-refractivity contribution in [2.75, 3.05) is 13.6 Å². The van der Waals surface area contributed by atoms with E-state index >= 15 is 0 Å². The largest absolute Gasteiger partial charge is 0.311 e. The third kappa shape index (κ3) is 3.96. The highest BCUT2D eigenvalue weighted by atomic mass is 15.1. The second kappa shape index (κ2) is 6.38. The van der Waals surface area contributed by atoms with Gasteiger partial charge in [0.1, 0.15) is 0 Å². The first kappa shape index (κ1) is 14.3. The van der Waals surface area contributed by atoms with Crippen LogP contribution in [0.2, 0.25) is 0 Å². The number of nitrogens with zero attached hydrogens (tertiary/aromatic N) is 1. The Labute approximate surface area is 114 Å². The lowest BCUT2D eigenvalue weighted by atomic mass is 9.89. The number of piperidine rings is 1. The molecule has 18 heavy (non-hydrogen) atoms. The zero-order chi connectivity index (χ0) is 13.1. The minimum atomic E-state index is 0.739. The average Bonchev–Trinajstić information content (AvgIpc) is 2.64. The first-order valence-corrected chi connectivity index (χ1v) is 8.01. The molecule has 2 heteroatoms. The molecule has 106 valence electrons. The highest BCUT2D eigenvalue weighted by Gasteiger charge is 2.33. The van der Waals surface area contributed by atoms with Crippen molar-refractivity contribution in [2.24, 2.45) is 11.8 Å². The van der Waals surface area contributed by atoms with E-state index in [4.69, 9.17) is 0 Å². The normalized spacial score (nSPS) is 33.3. The Balaban J connectivity index is 1.68. The maximum Gasteiger partial charge on any atom is 0.00728 e. The molecule has 0 aromatic rings. The predicted molar refractivity (Wildman–Crippen MR) is 78.8 cm³/mol. The standard InChI is InChI=1S/C16H32N2/c1-12(2)9-13(3)18(4)8-7-14-10-15-5-6-16(11-14)17-15/h12-17H,5-11H2,1-4H3. The second-order valence-corrected chi connectivity index (χ2v) is 7.22. The number of hydrogen-bond donors (Lipinski definition) is 1. The van der Waals surface area contributed by atoms with Gasteiger partial charge in [-0.15, -0.1) is 0 Å². The quantitative estimate of drug-likeness (QED) is 0.780. The summed E-state index contributed by atoms with van der Waals surface area (Å²) >= 11 is 0. The topological polar surface area (TPSA) is 15.3 Å². The van der Waals surface area contributed by atoms with Crippen molar-refractivity contribution < 1.29 is 0 Å². The van der Waals surface area contributed by atoms with Crippen LogP contribution < -0.4 is 5.32 Å². The van der Waals surface area contributed by atoms with E-state index < -0.39 is 0 Å². The van der Waals surface area contributed by atoms with E-state index in [9.17, 15) is 0 Å². The molecule has 2 nitrogen and oxygen atoms in total. The molecule has 0 spiro atoms. The SMILES string of the molecule is CC(C)CC(C)N(C)CCC1CC2CCC(C1)N2. The summed E-state index contributed by atoms with van der Waals surface area (Å²) in [5.74, 6) is 1.80. The molecule has 0 radical (unpaired) electrons. The van der Waals surface area contributed by atoms with Crippen molar-refractivity contribution in [3.05, 3.63) is 0 Å². The van der Waals surface area contributed by atoms with Gasteiger partial charge in [-0.05, 0) is 70.9 Å². The van der Waals surface area contributed by atoms with Crippen molar-refractivity contribution in [3.8, 4) is 0 Å². The van der Waals surface area contributed by atoms with Crippen molar-refractivity contribution in [3.63, 3.8) is 0 Å². The van der Waals surface area contributed by atoms with E-state index in [0.717, 1.165) is 30.0 Å². The van der Waals surface area contributed by atoms with E-state index in [1.54, 1.807) is 0 Å². The van der Waals surface area contributed by atoms with Crippen LogP contribution in [0.25, 0.3) is 0 Å². The van der Waals surface area contributed by atoms with Crippen LogP contribution in [0.4, 0.5) is 0 Å². The van der Waals surface area contributed by atoms with Crippen LogP contribution in [0.1, 0.15) is 59.3 Å². The van der Waals surface area contributed by atoms with Gasteiger partial charge in [0.25, 0.3) is 0 Å². The summed E-state index contributed by atoms with van der Waals surface area (Å²) in [4.78, 5) is 2.57. The highest BCUT2D eigenvalue weighted by molar-refractivity contribution is 4.92. The molecule has 0 amide bonds. The van der Waals surface area contributed by atoms with Crippen molar-refractivity contribution in [1.82, 2.24) is 10.2 Å². The Hall–Kier alpha value is -0.0800. The van der Waals surface area contributed by atoms with E-state index in [1.807, 2.05) is 0 Å². The Kier molecular flexibility index (Phi) is 5.08. The van der Waals surface area contributed by atoms with Crippen LogP contribution in [0.15, 0.2) is 0 Å². The van der Waals surface area contributed by atoms with Gasteiger partial charge in [-0.2, -0.15) is 0 Å². The Morgan fingerprint density at radius 1 is 1.11 bits per heavy atom. The van der Waals surface area contributed by atoms with Gasteiger partial charge in [0.15, 0.2) is 0 Å². The molecule has 0 aromatic carbocycles. The monoisotopic (exact) mass is 252 g/mol. The van der Waals surface area contributed by atoms with Gasteiger partial charge >= 0.3 is 0 Å². The fourth-order valence-corrected chi connectivity index (χ4v) is 3.88. The van der Waals surface area contributed by atoms with Crippen LogP contribution in [-0.2, 0) is 0 Å². The minimum Gasteiger partial charge on any atom is -0.311 e. The van der Waals surface area contributed by atoms with E-state index in [0.29, 0.717) is 0 Å². The van der Waals surface area contributed by atoms with Crippen LogP contribution in [0.5, 0.6) is 0 Å². The summed E-state index contributed by atoms with van der Waals surface area (Å²) in [5, 5.41) is 3.74. The first-order chi connectivity index (χ1) is 8.54. The molecule has 2 saturated heterocycles. The fourth-order valence-electron chi connectivity index (χ4n) is 3.88. The van der Waals surface area contributed by atoms with Gasteiger partial charge < -0.3 is 10.2 Å². The van der Waals surface area contributed by atoms with Gasteiger partial charge in [-0.1, -0.05) is 13.8 Å². The zero-order valence-corrected chi connectivity index (χ0v) is 12.8. The molecule has 2 bridgehead atoms. The van der Waals surface area contributed by atoms with Gasteiger partial charge in [-0.3, -0.25) is 0 Å². The van der Waals surface area contributed by atoms with Crippen LogP contribution in [-0.4, -0.2) is 36.6 Å². The number of fused-ring (bicyclic) bond motifs is 2. The molecule has 2 aliphatic rings. The summed E-state index contributed by atoms with van der Waals surface area (Å²) in [5.41, 5.74) is 0. The smallest absolute Gasteiger partial charge is 0.00728 e. The summed E-state index contributed by atoms with van der Waals surface area (Å²) in [6.07, 6.45) is 8.47. The third-order valence-corrected chi connectivity index (χ3v) is 5.03. The number of nitrogens with one attached hydrogen (secondary N) is 1. The molecule has 2 rings (SSSR count). The Bertz CT molecular complexity index is 239. The molecule has 0 aromatic heterocycles. The highest BCUT2D eigenvalue weighted by Crippen LogP contribution is 2.32. The number of hydrogen-bond acceptors (Lipinski definition) is 2. The zero-order valence-electron chi connectivity index (χ0n) is 12.8. The van der Waals surface area contributed by atoms with Gasteiger partial charge in [0, 0.05) is 18.1 Å². The molecule has 2 heterocycles. The summed E-state index contributed by atoms with van der Waals surface area (Å²) in [6, 6.07) is 2.45. The van der Waals surface area contributed by atoms with E-state index in [2.05, 4.69) is 38.0 Å². The van der Waals surface area contributed by atoms with Crippen molar-refractivity contribution in [2.45, 2.75) is 77.4 Å². The molecular formula is C16H32N2. The molecule has 2 aliphatic heterocycles. The maximum absolute atomic E-state index is 3.74. The fraction of sp³-hybridized carbons (Fsp3) is 1.00. The lowest BCUT2D eigenvalue weighted by molar-refractivity contribution is 0.194. The molecule has 3 unspecified atom stereocenters. The lowest BCUT2D eigenvalue weighted by Gasteiger charge is -2.32.